The second-order valence-electron chi connectivity index (χ2n) is 9.67. The molecule has 3 aliphatic rings. The van der Waals surface area contributed by atoms with E-state index in [2.05, 4.69) is 10.1 Å². The van der Waals surface area contributed by atoms with E-state index >= 15 is 0 Å². The Labute approximate surface area is 201 Å². The van der Waals surface area contributed by atoms with E-state index in [4.69, 9.17) is 17.3 Å². The van der Waals surface area contributed by atoms with Gasteiger partial charge in [-0.25, -0.2) is 0 Å². The highest BCUT2D eigenvalue weighted by atomic mass is 35.5. The number of nitrogens with two attached hydrogens (primary N) is 1. The summed E-state index contributed by atoms with van der Waals surface area (Å²) >= 11 is 6.34. The van der Waals surface area contributed by atoms with Crippen molar-refractivity contribution < 1.29 is 14.4 Å². The molecule has 2 aliphatic carbocycles. The molecule has 2 N–H and O–H groups in total. The predicted octanol–water partition coefficient (Wildman–Crippen LogP) is 2.94. The maximum atomic E-state index is 13.4. The fourth-order valence-corrected chi connectivity index (χ4v) is 5.94. The summed E-state index contributed by atoms with van der Waals surface area (Å²) < 4.78 is 1.47. The largest absolute Gasteiger partial charge is 0.364 e. The molecule has 3 fully saturated rings. The highest BCUT2D eigenvalue weighted by Gasteiger charge is 2.56. The Balaban J connectivity index is 1.17. The summed E-state index contributed by atoms with van der Waals surface area (Å²) in [5, 5.41) is 5.59. The van der Waals surface area contributed by atoms with E-state index in [1.807, 2.05) is 24.3 Å². The number of amides is 2. The van der Waals surface area contributed by atoms with Crippen LogP contribution in [0.5, 0.6) is 0 Å². The van der Waals surface area contributed by atoms with Gasteiger partial charge < -0.3 is 10.6 Å². The topological polar surface area (TPSA) is 111 Å². The summed E-state index contributed by atoms with van der Waals surface area (Å²) in [6.07, 6.45) is 6.20. The van der Waals surface area contributed by atoms with Gasteiger partial charge in [-0.15, -0.1) is 0 Å². The van der Waals surface area contributed by atoms with Crippen LogP contribution in [0, 0.1) is 11.8 Å². The van der Waals surface area contributed by atoms with Gasteiger partial charge in [0.05, 0.1) is 17.8 Å². The molecule has 0 spiro atoms. The van der Waals surface area contributed by atoms with Crippen molar-refractivity contribution in [2.75, 3.05) is 0 Å². The van der Waals surface area contributed by atoms with Crippen LogP contribution < -0.4 is 5.73 Å². The van der Waals surface area contributed by atoms with E-state index in [0.29, 0.717) is 29.2 Å². The number of hydrogen-bond donors (Lipinski definition) is 1. The summed E-state index contributed by atoms with van der Waals surface area (Å²) in [7, 11) is 0. The Morgan fingerprint density at radius 2 is 1.94 bits per heavy atom. The van der Waals surface area contributed by atoms with Crippen LogP contribution in [-0.4, -0.2) is 49.3 Å². The van der Waals surface area contributed by atoms with Gasteiger partial charge in [-0.05, 0) is 54.7 Å². The summed E-state index contributed by atoms with van der Waals surface area (Å²) in [6.45, 7) is -0.0614. The lowest BCUT2D eigenvalue weighted by Gasteiger charge is -2.27. The van der Waals surface area contributed by atoms with Gasteiger partial charge in [0.2, 0.25) is 5.91 Å². The minimum absolute atomic E-state index is 0.0614. The molecule has 2 aromatic heterocycles. The second kappa shape index (κ2) is 7.91. The SMILES string of the molecule is NC(=O)c1nn(CC(=O)N2[C@@H]3C[C@@H]3C[C@H]2C(=O)C[C@@H]2C[C@H]2c2ccccc2Cl)c2cnccc12. The van der Waals surface area contributed by atoms with E-state index in [0.717, 1.165) is 29.8 Å². The number of carbonyl (C=O) groups is 3. The van der Waals surface area contributed by atoms with Crippen LogP contribution in [0.3, 0.4) is 0 Å². The molecule has 0 bridgehead atoms. The van der Waals surface area contributed by atoms with Crippen molar-refractivity contribution in [3.8, 4) is 0 Å². The van der Waals surface area contributed by atoms with E-state index in [9.17, 15) is 14.4 Å². The van der Waals surface area contributed by atoms with Gasteiger partial charge >= 0.3 is 0 Å². The van der Waals surface area contributed by atoms with Gasteiger partial charge in [-0.3, -0.25) is 24.0 Å². The molecule has 0 radical (unpaired) electrons. The third kappa shape index (κ3) is 3.57. The van der Waals surface area contributed by atoms with Crippen LogP contribution >= 0.6 is 11.6 Å². The van der Waals surface area contributed by atoms with Crippen molar-refractivity contribution in [3.05, 3.63) is 59.0 Å². The Kier molecular flexibility index (Phi) is 4.95. The smallest absolute Gasteiger partial charge is 0.269 e. The Morgan fingerprint density at radius 3 is 2.74 bits per heavy atom. The molecule has 8 nitrogen and oxygen atoms in total. The first kappa shape index (κ1) is 21.3. The molecule has 5 atom stereocenters. The summed E-state index contributed by atoms with van der Waals surface area (Å²) in [5.41, 5.74) is 7.26. The number of fused-ring (bicyclic) bond motifs is 2. The molecule has 9 heteroatoms. The van der Waals surface area contributed by atoms with Crippen molar-refractivity contribution in [2.24, 2.45) is 17.6 Å². The van der Waals surface area contributed by atoms with Crippen LogP contribution in [0.4, 0.5) is 0 Å². The number of likely N-dealkylation sites (tertiary alicyclic amines) is 1. The minimum Gasteiger partial charge on any atom is -0.364 e. The molecule has 34 heavy (non-hydrogen) atoms. The second-order valence-corrected chi connectivity index (χ2v) is 10.1. The predicted molar refractivity (Wildman–Crippen MR) is 125 cm³/mol. The minimum atomic E-state index is -0.656. The molecular weight excluding hydrogens is 454 g/mol. The van der Waals surface area contributed by atoms with Crippen LogP contribution in [0.1, 0.15) is 47.7 Å². The molecular formula is C25H24ClN5O3. The zero-order valence-electron chi connectivity index (χ0n) is 18.4. The number of ketones is 1. The number of hydrogen-bond acceptors (Lipinski definition) is 5. The lowest BCUT2D eigenvalue weighted by molar-refractivity contribution is -0.139. The highest BCUT2D eigenvalue weighted by Crippen LogP contribution is 2.53. The number of pyridine rings is 1. The van der Waals surface area contributed by atoms with Crippen molar-refractivity contribution in [1.82, 2.24) is 19.7 Å². The molecule has 174 valence electrons. The Morgan fingerprint density at radius 1 is 1.12 bits per heavy atom. The zero-order valence-corrected chi connectivity index (χ0v) is 19.2. The van der Waals surface area contributed by atoms with Crippen molar-refractivity contribution in [1.29, 1.82) is 0 Å². The van der Waals surface area contributed by atoms with Crippen molar-refractivity contribution in [3.63, 3.8) is 0 Å². The van der Waals surface area contributed by atoms with Crippen LogP contribution in [0.25, 0.3) is 10.9 Å². The average Bonchev–Trinajstić information content (AvgIpc) is 3.69. The van der Waals surface area contributed by atoms with Crippen LogP contribution in [0.2, 0.25) is 5.02 Å². The Hall–Kier alpha value is -3.26. The van der Waals surface area contributed by atoms with Crippen molar-refractivity contribution in [2.45, 2.75) is 50.2 Å². The first-order valence-corrected chi connectivity index (χ1v) is 12.0. The molecule has 1 aromatic carbocycles. The highest BCUT2D eigenvalue weighted by molar-refractivity contribution is 6.31. The lowest BCUT2D eigenvalue weighted by atomic mass is 10.00. The summed E-state index contributed by atoms with van der Waals surface area (Å²) in [6, 6.07) is 9.19. The lowest BCUT2D eigenvalue weighted by Crippen LogP contribution is -2.44. The fraction of sp³-hybridized carbons (Fsp3) is 0.400. The first-order valence-electron chi connectivity index (χ1n) is 11.6. The van der Waals surface area contributed by atoms with E-state index in [1.165, 1.54) is 4.68 Å². The molecule has 0 unspecified atom stereocenters. The molecule has 1 saturated heterocycles. The molecule has 1 aliphatic heterocycles. The first-order chi connectivity index (χ1) is 16.4. The quantitative estimate of drug-likeness (QED) is 0.562. The monoisotopic (exact) mass is 477 g/mol. The molecule has 6 rings (SSSR count). The third-order valence-corrected chi connectivity index (χ3v) is 7.87. The van der Waals surface area contributed by atoms with Crippen LogP contribution in [-0.2, 0) is 16.1 Å². The van der Waals surface area contributed by atoms with Gasteiger partial charge in [-0.1, -0.05) is 29.8 Å². The van der Waals surface area contributed by atoms with Crippen molar-refractivity contribution >= 4 is 40.1 Å². The number of Topliss-reactive ketones (excluding diaryl/α,β-unsaturated/α-hetero) is 1. The Bertz CT molecular complexity index is 1340. The average molecular weight is 478 g/mol. The fourth-order valence-electron chi connectivity index (χ4n) is 5.66. The summed E-state index contributed by atoms with van der Waals surface area (Å²) in [4.78, 5) is 44.3. The van der Waals surface area contributed by atoms with E-state index < -0.39 is 5.91 Å². The zero-order chi connectivity index (χ0) is 23.6. The maximum absolute atomic E-state index is 13.4. The van der Waals surface area contributed by atoms with Gasteiger partial charge in [-0.2, -0.15) is 5.10 Å². The third-order valence-electron chi connectivity index (χ3n) is 7.53. The van der Waals surface area contributed by atoms with E-state index in [1.54, 1.807) is 23.4 Å². The molecule has 2 saturated carbocycles. The number of nitrogens with zero attached hydrogens (tertiary/aromatic N) is 4. The molecule has 2 amide bonds. The van der Waals surface area contributed by atoms with E-state index in [-0.39, 0.29) is 41.9 Å². The standard InChI is InChI=1S/C25H24ClN5O3/c26-18-4-2-1-3-15(18)17-7-13(17)10-22(32)20-9-14-8-19(14)31(20)23(33)12-30-21-11-28-6-5-16(21)24(29-30)25(27)34/h1-6,11,13-14,17,19-20H,7-10,12H2,(H2,27,34)/t13-,14+,17+,19+,20-/m0/s1. The van der Waals surface area contributed by atoms with Gasteiger partial charge in [0, 0.05) is 29.1 Å². The van der Waals surface area contributed by atoms with Crippen LogP contribution in [0.15, 0.2) is 42.7 Å². The number of primary amides is 1. The summed E-state index contributed by atoms with van der Waals surface area (Å²) in [5.74, 6) is 0.300. The van der Waals surface area contributed by atoms with Gasteiger partial charge in [0.1, 0.15) is 6.54 Å². The number of halogens is 1. The molecule has 3 aromatic rings. The number of rotatable bonds is 7. The number of piperidine rings is 1. The number of benzene rings is 1. The van der Waals surface area contributed by atoms with Gasteiger partial charge in [0.15, 0.2) is 11.5 Å². The number of aromatic nitrogens is 3. The maximum Gasteiger partial charge on any atom is 0.269 e. The normalized spacial score (nSPS) is 27.0. The number of carbonyl (C=O) groups excluding carboxylic acids is 3. The molecule has 3 heterocycles. The van der Waals surface area contributed by atoms with Gasteiger partial charge in [0.25, 0.3) is 5.91 Å².